The van der Waals surface area contributed by atoms with E-state index in [1.54, 1.807) is 12.1 Å². The largest absolute Gasteiger partial charge is 0.465 e. The molecule has 0 saturated heterocycles. The van der Waals surface area contributed by atoms with Crippen molar-refractivity contribution < 1.29 is 14.3 Å². The normalized spacial score (nSPS) is 19.4. The maximum absolute atomic E-state index is 11.8. The lowest BCUT2D eigenvalue weighted by atomic mass is 9.96. The van der Waals surface area contributed by atoms with Gasteiger partial charge < -0.3 is 9.47 Å². The van der Waals surface area contributed by atoms with Gasteiger partial charge in [0, 0.05) is 22.0 Å². The second-order valence-electron chi connectivity index (χ2n) is 7.28. The highest BCUT2D eigenvalue weighted by molar-refractivity contribution is 9.10. The summed E-state index contributed by atoms with van der Waals surface area (Å²) in [5, 5.41) is 6.99. The van der Waals surface area contributed by atoms with Crippen molar-refractivity contribution in [3.63, 3.8) is 0 Å². The highest BCUT2D eigenvalue weighted by atomic mass is 79.9. The van der Waals surface area contributed by atoms with E-state index in [1.165, 1.54) is 7.11 Å². The van der Waals surface area contributed by atoms with Crippen molar-refractivity contribution in [2.75, 3.05) is 7.11 Å². The molecule has 30 heavy (non-hydrogen) atoms. The van der Waals surface area contributed by atoms with Crippen molar-refractivity contribution >= 4 is 27.6 Å². The summed E-state index contributed by atoms with van der Waals surface area (Å²) in [6.07, 6.45) is 0.434. The predicted molar refractivity (Wildman–Crippen MR) is 117 cm³/mol. The average Bonchev–Trinajstić information content (AvgIpc) is 3.24. The summed E-state index contributed by atoms with van der Waals surface area (Å²) >= 11 is 3.49. The number of carbonyl (C=O) groups excluding carboxylic acids is 1. The molecule has 0 amide bonds. The number of fused-ring (bicyclic) bond motifs is 3. The van der Waals surface area contributed by atoms with Crippen molar-refractivity contribution in [1.29, 1.82) is 0 Å². The maximum atomic E-state index is 11.8. The highest BCUT2D eigenvalue weighted by Gasteiger charge is 2.40. The Hall–Kier alpha value is -3.12. The van der Waals surface area contributed by atoms with E-state index in [4.69, 9.17) is 14.6 Å². The molecule has 5 rings (SSSR count). The first-order valence-electron chi connectivity index (χ1n) is 9.69. The van der Waals surface area contributed by atoms with Gasteiger partial charge in [-0.3, -0.25) is 0 Å². The smallest absolute Gasteiger partial charge is 0.337 e. The summed E-state index contributed by atoms with van der Waals surface area (Å²) in [6.45, 7) is 0. The Morgan fingerprint density at radius 1 is 1.07 bits per heavy atom. The highest BCUT2D eigenvalue weighted by Crippen LogP contribution is 2.47. The molecular weight excluding hydrogens is 444 g/mol. The van der Waals surface area contributed by atoms with Crippen LogP contribution in [0.3, 0.4) is 0 Å². The fourth-order valence-corrected chi connectivity index (χ4v) is 4.24. The van der Waals surface area contributed by atoms with Gasteiger partial charge in [-0.25, -0.2) is 9.80 Å². The molecule has 0 fully saturated rings. The Balaban J connectivity index is 1.54. The molecule has 5 nitrogen and oxygen atoms in total. The van der Waals surface area contributed by atoms with E-state index in [2.05, 4.69) is 34.1 Å². The van der Waals surface area contributed by atoms with Gasteiger partial charge in [0.2, 0.25) is 6.23 Å². The first-order chi connectivity index (χ1) is 14.6. The molecule has 6 heteroatoms. The molecule has 0 bridgehead atoms. The lowest BCUT2D eigenvalue weighted by Gasteiger charge is -2.38. The van der Waals surface area contributed by atoms with Crippen LogP contribution in [0.4, 0.5) is 0 Å². The van der Waals surface area contributed by atoms with Gasteiger partial charge in [-0.15, -0.1) is 0 Å². The first kappa shape index (κ1) is 18.9. The fourth-order valence-electron chi connectivity index (χ4n) is 3.97. The van der Waals surface area contributed by atoms with E-state index in [-0.39, 0.29) is 18.2 Å². The monoisotopic (exact) mass is 462 g/mol. The van der Waals surface area contributed by atoms with Crippen LogP contribution in [0.1, 0.15) is 45.7 Å². The van der Waals surface area contributed by atoms with Gasteiger partial charge >= 0.3 is 5.97 Å². The van der Waals surface area contributed by atoms with Crippen molar-refractivity contribution in [3.8, 4) is 5.75 Å². The molecule has 0 spiro atoms. The number of hydrazone groups is 1. The number of benzene rings is 3. The fraction of sp³-hybridized carbons (Fsp3) is 0.167. The van der Waals surface area contributed by atoms with Crippen molar-refractivity contribution in [2.24, 2.45) is 5.10 Å². The molecular formula is C24H19BrN2O3. The number of methoxy groups -OCH3 is 1. The number of hydrogen-bond donors (Lipinski definition) is 0. The summed E-state index contributed by atoms with van der Waals surface area (Å²) in [6, 6.07) is 23.7. The Kier molecular flexibility index (Phi) is 4.79. The van der Waals surface area contributed by atoms with Crippen molar-refractivity contribution in [1.82, 2.24) is 5.01 Å². The van der Waals surface area contributed by atoms with Gasteiger partial charge in [0.15, 0.2) is 0 Å². The van der Waals surface area contributed by atoms with E-state index in [0.717, 1.165) is 39.0 Å². The van der Waals surface area contributed by atoms with Gasteiger partial charge in [-0.05, 0) is 35.9 Å². The summed E-state index contributed by atoms with van der Waals surface area (Å²) < 4.78 is 12.2. The van der Waals surface area contributed by atoms with E-state index in [1.807, 2.05) is 47.5 Å². The minimum atomic E-state index is -0.371. The van der Waals surface area contributed by atoms with Crippen LogP contribution in [0, 0.1) is 0 Å². The molecule has 0 N–H and O–H groups in total. The molecule has 2 aliphatic rings. The second kappa shape index (κ2) is 7.61. The van der Waals surface area contributed by atoms with Gasteiger partial charge in [-0.2, -0.15) is 5.10 Å². The van der Waals surface area contributed by atoms with Crippen LogP contribution in [0.5, 0.6) is 5.75 Å². The summed E-state index contributed by atoms with van der Waals surface area (Å²) in [4.78, 5) is 11.8. The van der Waals surface area contributed by atoms with Crippen LogP contribution in [0.25, 0.3) is 0 Å². The number of hydrogen-bond acceptors (Lipinski definition) is 5. The second-order valence-corrected chi connectivity index (χ2v) is 8.19. The molecule has 150 valence electrons. The molecule has 2 atom stereocenters. The van der Waals surface area contributed by atoms with E-state index in [0.29, 0.717) is 5.56 Å². The number of esters is 1. The van der Waals surface area contributed by atoms with Crippen LogP contribution < -0.4 is 4.74 Å². The van der Waals surface area contributed by atoms with E-state index < -0.39 is 0 Å². The quantitative estimate of drug-likeness (QED) is 0.483. The minimum Gasteiger partial charge on any atom is -0.465 e. The Morgan fingerprint density at radius 2 is 1.80 bits per heavy atom. The van der Waals surface area contributed by atoms with Crippen LogP contribution in [0.15, 0.2) is 82.4 Å². The van der Waals surface area contributed by atoms with Crippen molar-refractivity contribution in [3.05, 3.63) is 99.5 Å². The molecule has 0 aliphatic carbocycles. The standard InChI is InChI=1S/C24H19BrN2O3/c1-29-24(28)17-8-6-16(7-9-17)23-27-21(19-4-2-3-5-22(19)30-23)14-20(26-27)15-10-12-18(25)13-11-15/h2-13,21,23H,14H2,1H3/t21-,23-/m0/s1. The number of ether oxygens (including phenoxy) is 2. The zero-order valence-electron chi connectivity index (χ0n) is 16.3. The molecule has 3 aromatic rings. The number of nitrogens with zero attached hydrogens (tertiary/aromatic N) is 2. The molecule has 0 radical (unpaired) electrons. The lowest BCUT2D eigenvalue weighted by molar-refractivity contribution is -0.0190. The maximum Gasteiger partial charge on any atom is 0.337 e. The molecule has 0 aromatic heterocycles. The molecule has 2 heterocycles. The number of para-hydroxylation sites is 1. The first-order valence-corrected chi connectivity index (χ1v) is 10.5. The number of halogens is 1. The predicted octanol–water partition coefficient (Wildman–Crippen LogP) is 5.48. The number of carbonyl (C=O) groups is 1. The van der Waals surface area contributed by atoms with Crippen molar-refractivity contribution in [2.45, 2.75) is 18.7 Å². The number of rotatable bonds is 3. The Labute approximate surface area is 183 Å². The van der Waals surface area contributed by atoms with Gasteiger partial charge in [0.05, 0.1) is 24.4 Å². The third-order valence-electron chi connectivity index (χ3n) is 5.49. The summed E-state index contributed by atoms with van der Waals surface area (Å²) in [5.41, 5.74) is 4.71. The molecule has 0 unspecified atom stereocenters. The van der Waals surface area contributed by atoms with Gasteiger partial charge in [0.1, 0.15) is 5.75 Å². The summed E-state index contributed by atoms with van der Waals surface area (Å²) in [7, 11) is 1.38. The average molecular weight is 463 g/mol. The molecule has 2 aliphatic heterocycles. The van der Waals surface area contributed by atoms with E-state index >= 15 is 0 Å². The van der Waals surface area contributed by atoms with Crippen LogP contribution >= 0.6 is 15.9 Å². The molecule has 3 aromatic carbocycles. The minimum absolute atomic E-state index is 0.0962. The lowest BCUT2D eigenvalue weighted by Crippen LogP contribution is -2.33. The Bertz CT molecular complexity index is 1130. The van der Waals surface area contributed by atoms with E-state index in [9.17, 15) is 4.79 Å². The SMILES string of the molecule is COC(=O)c1ccc([C@@H]2Oc3ccccc3[C@@H]3CC(c4ccc(Br)cc4)=NN32)cc1. The van der Waals surface area contributed by atoms with Gasteiger partial charge in [-0.1, -0.05) is 58.4 Å². The third-order valence-corrected chi connectivity index (χ3v) is 6.02. The topological polar surface area (TPSA) is 51.1 Å². The summed E-state index contributed by atoms with van der Waals surface area (Å²) in [5.74, 6) is 0.513. The van der Waals surface area contributed by atoms with Crippen LogP contribution in [0.2, 0.25) is 0 Å². The zero-order valence-corrected chi connectivity index (χ0v) is 17.9. The van der Waals surface area contributed by atoms with Gasteiger partial charge in [0.25, 0.3) is 0 Å². The van der Waals surface area contributed by atoms with Crippen LogP contribution in [-0.4, -0.2) is 23.8 Å². The zero-order chi connectivity index (χ0) is 20.7. The third kappa shape index (κ3) is 3.27. The molecule has 0 saturated carbocycles. The van der Waals surface area contributed by atoms with Crippen LogP contribution in [-0.2, 0) is 4.74 Å². The Morgan fingerprint density at radius 3 is 2.53 bits per heavy atom.